The number of likely N-dealkylation sites (tertiary alicyclic amines) is 1. The van der Waals surface area contributed by atoms with Gasteiger partial charge in [-0.3, -0.25) is 4.79 Å². The summed E-state index contributed by atoms with van der Waals surface area (Å²) in [5, 5.41) is 0. The summed E-state index contributed by atoms with van der Waals surface area (Å²) in [4.78, 5) is 14.4. The predicted molar refractivity (Wildman–Crippen MR) is 67.4 cm³/mol. The number of halogens is 1. The Morgan fingerprint density at radius 2 is 1.74 bits per heavy atom. The average Bonchev–Trinajstić information content (AvgIpc) is 3.06. The molecule has 1 aromatic carbocycles. The number of β-lactam (4-membered cyclic amide) rings is 1. The molecule has 4 aliphatic rings. The fourth-order valence-corrected chi connectivity index (χ4v) is 5.19. The van der Waals surface area contributed by atoms with Gasteiger partial charge in [-0.05, 0) is 54.2 Å². The van der Waals surface area contributed by atoms with Crippen LogP contribution in [0.4, 0.5) is 4.39 Å². The Kier molecular flexibility index (Phi) is 1.75. The van der Waals surface area contributed by atoms with Gasteiger partial charge >= 0.3 is 0 Å². The van der Waals surface area contributed by atoms with Crippen molar-refractivity contribution in [3.05, 3.63) is 35.6 Å². The lowest BCUT2D eigenvalue weighted by molar-refractivity contribution is -0.162. The zero-order valence-corrected chi connectivity index (χ0v) is 10.6. The summed E-state index contributed by atoms with van der Waals surface area (Å²) >= 11 is 0. The molecule has 4 fully saturated rings. The van der Waals surface area contributed by atoms with Gasteiger partial charge in [0.15, 0.2) is 0 Å². The van der Waals surface area contributed by atoms with Crippen LogP contribution in [0, 0.1) is 35.4 Å². The molecule has 1 aromatic rings. The number of rotatable bonds is 2. The Hall–Kier alpha value is -1.38. The monoisotopic (exact) mass is 257 g/mol. The van der Waals surface area contributed by atoms with Gasteiger partial charge in [0.1, 0.15) is 5.82 Å². The van der Waals surface area contributed by atoms with Crippen LogP contribution in [0.25, 0.3) is 0 Å². The molecule has 2 bridgehead atoms. The molecule has 5 rings (SSSR count). The smallest absolute Gasteiger partial charge is 0.228 e. The van der Waals surface area contributed by atoms with Crippen LogP contribution in [-0.4, -0.2) is 16.8 Å². The van der Waals surface area contributed by atoms with Crippen molar-refractivity contribution >= 4 is 5.91 Å². The number of fused-ring (bicyclic) bond motifs is 8. The van der Waals surface area contributed by atoms with Gasteiger partial charge in [-0.2, -0.15) is 0 Å². The maximum atomic E-state index is 12.9. The summed E-state index contributed by atoms with van der Waals surface area (Å²) in [6.07, 6.45) is 2.66. The Morgan fingerprint density at radius 1 is 1.05 bits per heavy atom. The van der Waals surface area contributed by atoms with Gasteiger partial charge in [0.05, 0.1) is 5.92 Å². The van der Waals surface area contributed by atoms with Crippen LogP contribution in [-0.2, 0) is 11.3 Å². The van der Waals surface area contributed by atoms with Gasteiger partial charge in [0.2, 0.25) is 5.91 Å². The van der Waals surface area contributed by atoms with E-state index in [9.17, 15) is 9.18 Å². The van der Waals surface area contributed by atoms with Gasteiger partial charge < -0.3 is 4.90 Å². The molecule has 3 saturated carbocycles. The highest BCUT2D eigenvalue weighted by Gasteiger charge is 2.72. The van der Waals surface area contributed by atoms with Crippen LogP contribution < -0.4 is 0 Å². The van der Waals surface area contributed by atoms with Crippen molar-refractivity contribution in [2.75, 3.05) is 0 Å². The Balaban J connectivity index is 1.39. The molecule has 0 spiro atoms. The number of carbonyl (C=O) groups excluding carboxylic acids is 1. The normalized spacial score (nSPS) is 44.9. The van der Waals surface area contributed by atoms with E-state index in [1.54, 1.807) is 12.1 Å². The van der Waals surface area contributed by atoms with Crippen molar-refractivity contribution < 1.29 is 9.18 Å². The van der Waals surface area contributed by atoms with Gasteiger partial charge in [-0.15, -0.1) is 0 Å². The minimum atomic E-state index is -0.211. The summed E-state index contributed by atoms with van der Waals surface area (Å²) < 4.78 is 12.9. The fourth-order valence-electron chi connectivity index (χ4n) is 5.19. The predicted octanol–water partition coefficient (Wildman–Crippen LogP) is 2.44. The molecular weight excluding hydrogens is 241 g/mol. The zero-order valence-electron chi connectivity index (χ0n) is 10.6. The van der Waals surface area contributed by atoms with E-state index in [2.05, 4.69) is 4.90 Å². The summed E-state index contributed by atoms with van der Waals surface area (Å²) in [5.41, 5.74) is 1.04. The third-order valence-electron chi connectivity index (χ3n) is 6.00. The maximum Gasteiger partial charge on any atom is 0.228 e. The first kappa shape index (κ1) is 10.4. The number of hydrogen-bond donors (Lipinski definition) is 0. The summed E-state index contributed by atoms with van der Waals surface area (Å²) in [6.45, 7) is 0.668. The average molecular weight is 257 g/mol. The van der Waals surface area contributed by atoms with Crippen LogP contribution in [0.15, 0.2) is 24.3 Å². The Labute approximate surface area is 111 Å². The maximum absolute atomic E-state index is 12.9. The van der Waals surface area contributed by atoms with Crippen LogP contribution in [0.5, 0.6) is 0 Å². The third-order valence-corrected chi connectivity index (χ3v) is 6.00. The Morgan fingerprint density at radius 3 is 2.53 bits per heavy atom. The van der Waals surface area contributed by atoms with Crippen molar-refractivity contribution in [2.24, 2.45) is 29.6 Å². The molecule has 1 amide bonds. The summed E-state index contributed by atoms with van der Waals surface area (Å²) in [6, 6.07) is 7.06. The van der Waals surface area contributed by atoms with Gasteiger partial charge in [-0.1, -0.05) is 12.1 Å². The lowest BCUT2D eigenvalue weighted by atomic mass is 9.76. The highest BCUT2D eigenvalue weighted by atomic mass is 19.1. The number of amides is 1. The topological polar surface area (TPSA) is 20.3 Å². The van der Waals surface area contributed by atoms with Crippen LogP contribution in [0.2, 0.25) is 0 Å². The molecule has 1 aliphatic heterocycles. The van der Waals surface area contributed by atoms with E-state index in [1.165, 1.54) is 25.0 Å². The number of nitrogens with zero attached hydrogens (tertiary/aromatic N) is 1. The molecule has 3 heteroatoms. The molecule has 4 unspecified atom stereocenters. The van der Waals surface area contributed by atoms with E-state index in [4.69, 9.17) is 0 Å². The van der Waals surface area contributed by atoms with Crippen LogP contribution >= 0.6 is 0 Å². The molecule has 1 heterocycles. The molecule has 0 N–H and O–H groups in total. The second-order valence-electron chi connectivity index (χ2n) is 6.74. The van der Waals surface area contributed by atoms with Gasteiger partial charge in [-0.25, -0.2) is 4.39 Å². The van der Waals surface area contributed by atoms with E-state index < -0.39 is 0 Å². The molecular formula is C16H16FNO. The fraction of sp³-hybridized carbons (Fsp3) is 0.562. The van der Waals surface area contributed by atoms with Gasteiger partial charge in [0, 0.05) is 12.6 Å². The van der Waals surface area contributed by atoms with E-state index in [-0.39, 0.29) is 5.82 Å². The van der Waals surface area contributed by atoms with E-state index >= 15 is 0 Å². The van der Waals surface area contributed by atoms with Crippen molar-refractivity contribution in [3.8, 4) is 0 Å². The molecule has 0 aromatic heterocycles. The molecule has 2 nitrogen and oxygen atoms in total. The summed E-state index contributed by atoms with van der Waals surface area (Å²) in [7, 11) is 0. The molecule has 19 heavy (non-hydrogen) atoms. The van der Waals surface area contributed by atoms with Gasteiger partial charge in [0.25, 0.3) is 0 Å². The van der Waals surface area contributed by atoms with E-state index in [1.807, 2.05) is 0 Å². The standard InChI is InChI=1S/C16H16FNO/c17-9-3-1-8(2-4-9)7-18-15-13-6-12(10-5-11(10)13)14(15)16(18)19/h1-4,10-15H,5-7H2/t10-,11+,12?,13?,14?,15?/m1/s1. The quantitative estimate of drug-likeness (QED) is 0.745. The van der Waals surface area contributed by atoms with Crippen LogP contribution in [0.1, 0.15) is 18.4 Å². The minimum absolute atomic E-state index is 0.211. The van der Waals surface area contributed by atoms with E-state index in [0.717, 1.165) is 23.3 Å². The van der Waals surface area contributed by atoms with E-state index in [0.29, 0.717) is 30.3 Å². The molecule has 98 valence electrons. The van der Waals surface area contributed by atoms with Crippen molar-refractivity contribution in [3.63, 3.8) is 0 Å². The third kappa shape index (κ3) is 1.19. The highest BCUT2D eigenvalue weighted by Crippen LogP contribution is 2.71. The first-order valence-electron chi connectivity index (χ1n) is 7.29. The molecule has 1 saturated heterocycles. The zero-order chi connectivity index (χ0) is 12.7. The second-order valence-corrected chi connectivity index (χ2v) is 6.74. The molecule has 6 atom stereocenters. The van der Waals surface area contributed by atoms with Crippen molar-refractivity contribution in [1.82, 2.24) is 4.90 Å². The lowest BCUT2D eigenvalue weighted by Crippen LogP contribution is -2.62. The van der Waals surface area contributed by atoms with Crippen molar-refractivity contribution in [2.45, 2.75) is 25.4 Å². The first-order valence-corrected chi connectivity index (χ1v) is 7.29. The second kappa shape index (κ2) is 3.20. The van der Waals surface area contributed by atoms with Crippen LogP contribution in [0.3, 0.4) is 0 Å². The molecule has 3 aliphatic carbocycles. The number of carbonyl (C=O) groups is 1. The first-order chi connectivity index (χ1) is 9.24. The molecule has 0 radical (unpaired) electrons. The minimum Gasteiger partial charge on any atom is -0.334 e. The summed E-state index contributed by atoms with van der Waals surface area (Å²) in [5.74, 6) is 3.78. The highest BCUT2D eigenvalue weighted by molar-refractivity contribution is 5.87. The SMILES string of the molecule is O=C1C2C3CC(C2N1Cc1ccc(F)cc1)[C@H]1C[C@@H]31. The Bertz CT molecular complexity index is 569. The number of hydrogen-bond acceptors (Lipinski definition) is 1. The number of benzene rings is 1. The van der Waals surface area contributed by atoms with Crippen molar-refractivity contribution in [1.29, 1.82) is 0 Å². The largest absolute Gasteiger partial charge is 0.334 e. The lowest BCUT2D eigenvalue weighted by Gasteiger charge is -2.49.